The maximum atomic E-state index is 12.4. The molecule has 25 heavy (non-hydrogen) atoms. The quantitative estimate of drug-likeness (QED) is 0.632. The number of fused-ring (bicyclic) bond motifs is 1. The molecular weight excluding hydrogens is 320 g/mol. The van der Waals surface area contributed by atoms with E-state index in [9.17, 15) is 9.59 Å². The first-order chi connectivity index (χ1) is 12.0. The predicted octanol–water partition coefficient (Wildman–Crippen LogP) is 3.18. The summed E-state index contributed by atoms with van der Waals surface area (Å²) in [6.07, 6.45) is -0.872. The van der Waals surface area contributed by atoms with E-state index in [4.69, 9.17) is 14.2 Å². The number of ether oxygens (including phenoxy) is 3. The lowest BCUT2D eigenvalue weighted by Crippen LogP contribution is -2.38. The first kappa shape index (κ1) is 17.0. The van der Waals surface area contributed by atoms with Crippen LogP contribution in [0, 0.1) is 20.8 Å². The van der Waals surface area contributed by atoms with Crippen LogP contribution in [-0.4, -0.2) is 31.1 Å². The minimum atomic E-state index is -0.872. The number of carbonyl (C=O) groups excluding carboxylic acids is 2. The Morgan fingerprint density at radius 2 is 1.72 bits per heavy atom. The van der Waals surface area contributed by atoms with E-state index in [1.807, 2.05) is 39.0 Å². The smallest absolute Gasteiger partial charge is 0.351 e. The normalized spacial score (nSPS) is 15.6. The third kappa shape index (κ3) is 3.65. The molecule has 0 saturated heterocycles. The minimum absolute atomic E-state index is 0.0622. The van der Waals surface area contributed by atoms with E-state index < -0.39 is 12.1 Å². The summed E-state index contributed by atoms with van der Waals surface area (Å²) in [5, 5.41) is 0. The molecule has 130 valence electrons. The number of carbonyl (C=O) groups is 2. The molecule has 0 fully saturated rings. The van der Waals surface area contributed by atoms with Crippen LogP contribution in [0.3, 0.4) is 0 Å². The molecule has 0 amide bonds. The van der Waals surface area contributed by atoms with Crippen molar-refractivity contribution < 1.29 is 23.8 Å². The highest BCUT2D eigenvalue weighted by Crippen LogP contribution is 2.31. The van der Waals surface area contributed by atoms with Gasteiger partial charge in [0.1, 0.15) is 6.61 Å². The molecule has 0 radical (unpaired) electrons. The molecule has 1 aliphatic heterocycles. The van der Waals surface area contributed by atoms with Gasteiger partial charge in [-0.15, -0.1) is 0 Å². The average molecular weight is 340 g/mol. The lowest BCUT2D eigenvalue weighted by atomic mass is 9.98. The van der Waals surface area contributed by atoms with Crippen LogP contribution >= 0.6 is 0 Å². The summed E-state index contributed by atoms with van der Waals surface area (Å²) in [5.74, 6) is 0.246. The first-order valence-corrected chi connectivity index (χ1v) is 8.12. The highest BCUT2D eigenvalue weighted by atomic mass is 16.6. The number of para-hydroxylation sites is 2. The van der Waals surface area contributed by atoms with Gasteiger partial charge in [-0.1, -0.05) is 18.2 Å². The van der Waals surface area contributed by atoms with Crippen LogP contribution in [-0.2, 0) is 9.53 Å². The molecule has 0 aliphatic carbocycles. The second-order valence-electron chi connectivity index (χ2n) is 6.15. The van der Waals surface area contributed by atoms with Crippen molar-refractivity contribution in [2.75, 3.05) is 13.2 Å². The van der Waals surface area contributed by atoms with Gasteiger partial charge < -0.3 is 14.2 Å². The van der Waals surface area contributed by atoms with E-state index in [1.54, 1.807) is 18.2 Å². The number of hydrogen-bond acceptors (Lipinski definition) is 5. The molecule has 1 aliphatic rings. The van der Waals surface area contributed by atoms with Gasteiger partial charge in [-0.3, -0.25) is 4.79 Å². The Morgan fingerprint density at radius 3 is 2.48 bits per heavy atom. The monoisotopic (exact) mass is 340 g/mol. The number of esters is 1. The molecule has 0 unspecified atom stereocenters. The molecule has 0 aromatic heterocycles. The van der Waals surface area contributed by atoms with Crippen molar-refractivity contribution >= 4 is 11.8 Å². The first-order valence-electron chi connectivity index (χ1n) is 8.12. The van der Waals surface area contributed by atoms with Crippen LogP contribution < -0.4 is 9.47 Å². The van der Waals surface area contributed by atoms with Gasteiger partial charge in [0.25, 0.3) is 0 Å². The SMILES string of the molecule is Cc1cc(C)c(C(=O)COC(=O)[C@H]2COc3ccccc3O2)cc1C. The van der Waals surface area contributed by atoms with E-state index in [-0.39, 0.29) is 19.0 Å². The molecule has 0 N–H and O–H groups in total. The van der Waals surface area contributed by atoms with E-state index in [1.165, 1.54) is 0 Å². The van der Waals surface area contributed by atoms with E-state index in [0.717, 1.165) is 16.7 Å². The van der Waals surface area contributed by atoms with Crippen LogP contribution in [0.2, 0.25) is 0 Å². The molecule has 0 spiro atoms. The molecule has 1 heterocycles. The number of aryl methyl sites for hydroxylation is 3. The molecule has 5 nitrogen and oxygen atoms in total. The molecule has 0 saturated carbocycles. The Kier molecular flexibility index (Phi) is 4.74. The number of Topliss-reactive ketones (excluding diaryl/α,β-unsaturated/α-hetero) is 1. The average Bonchev–Trinajstić information content (AvgIpc) is 2.62. The highest BCUT2D eigenvalue weighted by molar-refractivity contribution is 5.99. The van der Waals surface area contributed by atoms with Gasteiger partial charge in [0.2, 0.25) is 11.9 Å². The zero-order chi connectivity index (χ0) is 18.0. The second-order valence-corrected chi connectivity index (χ2v) is 6.15. The third-order valence-corrected chi connectivity index (χ3v) is 4.26. The number of ketones is 1. The molecule has 5 heteroatoms. The fourth-order valence-corrected chi connectivity index (χ4v) is 2.70. The topological polar surface area (TPSA) is 61.8 Å². The third-order valence-electron chi connectivity index (χ3n) is 4.26. The fraction of sp³-hybridized carbons (Fsp3) is 0.300. The summed E-state index contributed by atoms with van der Waals surface area (Å²) in [6.45, 7) is 5.56. The maximum absolute atomic E-state index is 12.4. The molecule has 2 aromatic rings. The van der Waals surface area contributed by atoms with Gasteiger partial charge in [-0.2, -0.15) is 0 Å². The minimum Gasteiger partial charge on any atom is -0.485 e. The largest absolute Gasteiger partial charge is 0.485 e. The van der Waals surface area contributed by atoms with Crippen molar-refractivity contribution in [3.05, 3.63) is 58.7 Å². The van der Waals surface area contributed by atoms with Crippen molar-refractivity contribution in [3.8, 4) is 11.5 Å². The molecule has 3 rings (SSSR count). The van der Waals surface area contributed by atoms with Crippen molar-refractivity contribution in [1.29, 1.82) is 0 Å². The van der Waals surface area contributed by atoms with Gasteiger partial charge in [0.15, 0.2) is 18.1 Å². The molecular formula is C20H20O5. The predicted molar refractivity (Wildman–Crippen MR) is 92.3 cm³/mol. The van der Waals surface area contributed by atoms with Crippen molar-refractivity contribution in [1.82, 2.24) is 0 Å². The number of hydrogen-bond donors (Lipinski definition) is 0. The Labute approximate surface area is 146 Å². The van der Waals surface area contributed by atoms with Crippen LogP contribution in [0.25, 0.3) is 0 Å². The number of rotatable bonds is 4. The van der Waals surface area contributed by atoms with Crippen LogP contribution in [0.5, 0.6) is 11.5 Å². The summed E-state index contributed by atoms with van der Waals surface area (Å²) in [6, 6.07) is 10.9. The Balaban J connectivity index is 1.61. The zero-order valence-corrected chi connectivity index (χ0v) is 14.5. The summed E-state index contributed by atoms with van der Waals surface area (Å²) in [4.78, 5) is 24.5. The van der Waals surface area contributed by atoms with Crippen LogP contribution in [0.4, 0.5) is 0 Å². The Hall–Kier alpha value is -2.82. The summed E-state index contributed by atoms with van der Waals surface area (Å²) < 4.78 is 16.2. The Morgan fingerprint density at radius 1 is 1.04 bits per heavy atom. The highest BCUT2D eigenvalue weighted by Gasteiger charge is 2.29. The fourth-order valence-electron chi connectivity index (χ4n) is 2.70. The Bertz CT molecular complexity index is 825. The number of benzene rings is 2. The van der Waals surface area contributed by atoms with Crippen LogP contribution in [0.1, 0.15) is 27.0 Å². The van der Waals surface area contributed by atoms with Gasteiger partial charge in [0.05, 0.1) is 0 Å². The van der Waals surface area contributed by atoms with Crippen LogP contribution in [0.15, 0.2) is 36.4 Å². The lowest BCUT2D eigenvalue weighted by molar-refractivity contribution is -0.153. The molecule has 0 bridgehead atoms. The van der Waals surface area contributed by atoms with Gasteiger partial charge >= 0.3 is 5.97 Å². The summed E-state index contributed by atoms with van der Waals surface area (Å²) >= 11 is 0. The van der Waals surface area contributed by atoms with E-state index in [0.29, 0.717) is 17.1 Å². The maximum Gasteiger partial charge on any atom is 0.351 e. The lowest BCUT2D eigenvalue weighted by Gasteiger charge is -2.24. The van der Waals surface area contributed by atoms with Crippen molar-refractivity contribution in [2.45, 2.75) is 26.9 Å². The van der Waals surface area contributed by atoms with Gasteiger partial charge in [0, 0.05) is 5.56 Å². The summed E-state index contributed by atoms with van der Waals surface area (Å²) in [7, 11) is 0. The van der Waals surface area contributed by atoms with E-state index in [2.05, 4.69) is 0 Å². The van der Waals surface area contributed by atoms with Crippen molar-refractivity contribution in [2.24, 2.45) is 0 Å². The summed E-state index contributed by atoms with van der Waals surface area (Å²) in [5.41, 5.74) is 3.59. The molecule has 1 atom stereocenters. The van der Waals surface area contributed by atoms with Gasteiger partial charge in [-0.25, -0.2) is 4.79 Å². The zero-order valence-electron chi connectivity index (χ0n) is 14.5. The van der Waals surface area contributed by atoms with Gasteiger partial charge in [-0.05, 0) is 55.7 Å². The van der Waals surface area contributed by atoms with Crippen molar-refractivity contribution in [3.63, 3.8) is 0 Å². The second kappa shape index (κ2) is 6.97. The van der Waals surface area contributed by atoms with E-state index >= 15 is 0 Å². The molecule has 2 aromatic carbocycles. The standard InChI is InChI=1S/C20H20O5/c1-12-8-14(3)15(9-13(12)2)16(21)10-24-20(22)19-11-23-17-6-4-5-7-18(17)25-19/h4-9,19H,10-11H2,1-3H3/t19-/m1/s1.